The van der Waals surface area contributed by atoms with Crippen LogP contribution in [-0.2, 0) is 11.2 Å². The van der Waals surface area contributed by atoms with Gasteiger partial charge in [-0.15, -0.1) is 0 Å². The lowest BCUT2D eigenvalue weighted by Crippen LogP contribution is -2.46. The first-order chi connectivity index (χ1) is 9.25. The normalized spacial score (nSPS) is 19.5. The highest BCUT2D eigenvalue weighted by Crippen LogP contribution is 2.42. The molecule has 1 fully saturated rings. The van der Waals surface area contributed by atoms with E-state index in [1.54, 1.807) is 0 Å². The van der Waals surface area contributed by atoms with Crippen LogP contribution in [-0.4, -0.2) is 12.2 Å². The summed E-state index contributed by atoms with van der Waals surface area (Å²) in [5, 5.41) is 0. The van der Waals surface area contributed by atoms with Crippen LogP contribution in [0, 0.1) is 0 Å². The molecule has 0 aromatic heterocycles. The summed E-state index contributed by atoms with van der Waals surface area (Å²) < 4.78 is 6.11. The summed E-state index contributed by atoms with van der Waals surface area (Å²) in [6.45, 7) is 4.98. The second kappa shape index (κ2) is 6.51. The monoisotopic (exact) mass is 262 g/mol. The predicted molar refractivity (Wildman–Crippen MR) is 78.7 cm³/mol. The summed E-state index contributed by atoms with van der Waals surface area (Å²) in [4.78, 5) is 0. The van der Waals surface area contributed by atoms with Gasteiger partial charge in [0.25, 0.3) is 0 Å². The third kappa shape index (κ3) is 2.99. The van der Waals surface area contributed by atoms with Crippen LogP contribution in [0.4, 0.5) is 0 Å². The van der Waals surface area contributed by atoms with E-state index in [4.69, 9.17) is 10.6 Å². The zero-order valence-corrected chi connectivity index (χ0v) is 12.1. The van der Waals surface area contributed by atoms with Crippen molar-refractivity contribution in [2.75, 3.05) is 6.61 Å². The molecule has 1 unspecified atom stereocenters. The van der Waals surface area contributed by atoms with Crippen molar-refractivity contribution in [1.29, 1.82) is 0 Å². The van der Waals surface area contributed by atoms with Gasteiger partial charge in [0.2, 0.25) is 0 Å². The quantitative estimate of drug-likeness (QED) is 0.612. The maximum absolute atomic E-state index is 6.11. The molecule has 1 aliphatic rings. The number of hydrogen-bond donors (Lipinski definition) is 2. The number of nitrogens with two attached hydrogens (primary N) is 1. The Kier molecular flexibility index (Phi) is 4.97. The molecule has 0 aliphatic heterocycles. The Labute approximate surface area is 116 Å². The van der Waals surface area contributed by atoms with Crippen molar-refractivity contribution in [3.63, 3.8) is 0 Å². The molecule has 0 spiro atoms. The van der Waals surface area contributed by atoms with Crippen LogP contribution in [0.5, 0.6) is 0 Å². The molecule has 19 heavy (non-hydrogen) atoms. The molecule has 0 bridgehead atoms. The van der Waals surface area contributed by atoms with Gasteiger partial charge in [0.05, 0.1) is 11.6 Å². The summed E-state index contributed by atoms with van der Waals surface area (Å²) in [6, 6.07) is 8.83. The van der Waals surface area contributed by atoms with E-state index in [2.05, 4.69) is 43.5 Å². The van der Waals surface area contributed by atoms with Gasteiger partial charge in [-0.2, -0.15) is 0 Å². The second-order valence-corrected chi connectivity index (χ2v) is 5.40. The number of nitrogens with one attached hydrogen (secondary N) is 1. The van der Waals surface area contributed by atoms with Gasteiger partial charge < -0.3 is 4.74 Å². The number of benzene rings is 1. The number of hydrazine groups is 1. The van der Waals surface area contributed by atoms with E-state index in [1.165, 1.54) is 24.0 Å². The molecule has 0 radical (unpaired) electrons. The largest absolute Gasteiger partial charge is 0.373 e. The lowest BCUT2D eigenvalue weighted by molar-refractivity contribution is -0.0627. The zero-order chi connectivity index (χ0) is 13.7. The zero-order valence-electron chi connectivity index (χ0n) is 12.1. The number of aryl methyl sites for hydroxylation is 1. The lowest BCUT2D eigenvalue weighted by Gasteiger charge is -2.37. The van der Waals surface area contributed by atoms with Crippen LogP contribution < -0.4 is 11.3 Å². The van der Waals surface area contributed by atoms with Gasteiger partial charge in [0.1, 0.15) is 0 Å². The smallest absolute Gasteiger partial charge is 0.0889 e. The summed E-state index contributed by atoms with van der Waals surface area (Å²) >= 11 is 0. The first-order valence-electron chi connectivity index (χ1n) is 7.44. The maximum atomic E-state index is 6.11. The van der Waals surface area contributed by atoms with E-state index in [0.717, 1.165) is 25.9 Å². The Morgan fingerprint density at radius 2 is 1.84 bits per heavy atom. The van der Waals surface area contributed by atoms with Gasteiger partial charge in [-0.25, -0.2) is 0 Å². The Hall–Kier alpha value is -0.900. The van der Waals surface area contributed by atoms with Crippen LogP contribution in [0.2, 0.25) is 0 Å². The third-order valence-electron chi connectivity index (χ3n) is 4.30. The Morgan fingerprint density at radius 1 is 1.21 bits per heavy atom. The first kappa shape index (κ1) is 14.5. The van der Waals surface area contributed by atoms with Gasteiger partial charge in [0.15, 0.2) is 0 Å². The molecule has 1 aromatic carbocycles. The molecule has 0 amide bonds. The van der Waals surface area contributed by atoms with E-state index in [-0.39, 0.29) is 11.6 Å². The summed E-state index contributed by atoms with van der Waals surface area (Å²) in [6.07, 6.45) is 5.70. The second-order valence-electron chi connectivity index (χ2n) is 5.40. The summed E-state index contributed by atoms with van der Waals surface area (Å²) in [5.74, 6) is 5.84. The molecule has 3 heteroatoms. The van der Waals surface area contributed by atoms with Gasteiger partial charge in [0, 0.05) is 6.61 Å². The van der Waals surface area contributed by atoms with Crippen molar-refractivity contribution < 1.29 is 4.74 Å². The predicted octanol–water partition coefficient (Wildman–Crippen LogP) is 3.10. The standard InChI is InChI=1S/C16H26N2O/c1-3-13-7-9-14(10-8-13)15(18-17)16(19-4-2)11-5-6-12-16/h7-10,15,18H,3-6,11-12,17H2,1-2H3. The maximum Gasteiger partial charge on any atom is 0.0889 e. The minimum Gasteiger partial charge on any atom is -0.373 e. The molecule has 0 saturated heterocycles. The van der Waals surface area contributed by atoms with E-state index >= 15 is 0 Å². The average Bonchev–Trinajstić information content (AvgIpc) is 2.90. The summed E-state index contributed by atoms with van der Waals surface area (Å²) in [7, 11) is 0. The number of rotatable bonds is 6. The molecule has 3 N–H and O–H groups in total. The molecule has 1 aliphatic carbocycles. The van der Waals surface area contributed by atoms with Gasteiger partial charge in [-0.3, -0.25) is 11.3 Å². The molecular formula is C16H26N2O. The van der Waals surface area contributed by atoms with Crippen LogP contribution in [0.15, 0.2) is 24.3 Å². The van der Waals surface area contributed by atoms with E-state index in [0.29, 0.717) is 0 Å². The van der Waals surface area contributed by atoms with Crippen molar-refractivity contribution in [3.8, 4) is 0 Å². The molecule has 0 heterocycles. The summed E-state index contributed by atoms with van der Waals surface area (Å²) in [5.41, 5.74) is 5.46. The number of hydrogen-bond acceptors (Lipinski definition) is 3. The molecule has 1 aromatic rings. The van der Waals surface area contributed by atoms with Crippen molar-refractivity contribution in [1.82, 2.24) is 5.43 Å². The first-order valence-corrected chi connectivity index (χ1v) is 7.44. The molecule has 1 saturated carbocycles. The fourth-order valence-corrected chi connectivity index (χ4v) is 3.27. The van der Waals surface area contributed by atoms with E-state index in [9.17, 15) is 0 Å². The molecule has 3 nitrogen and oxygen atoms in total. The van der Waals surface area contributed by atoms with Crippen LogP contribution >= 0.6 is 0 Å². The minimum atomic E-state index is -0.128. The SMILES string of the molecule is CCOC1(C(NN)c2ccc(CC)cc2)CCCC1. The number of ether oxygens (including phenoxy) is 1. The third-order valence-corrected chi connectivity index (χ3v) is 4.30. The molecule has 106 valence electrons. The average molecular weight is 262 g/mol. The van der Waals surface area contributed by atoms with E-state index < -0.39 is 0 Å². The van der Waals surface area contributed by atoms with Crippen molar-refractivity contribution in [3.05, 3.63) is 35.4 Å². The highest BCUT2D eigenvalue weighted by molar-refractivity contribution is 5.27. The van der Waals surface area contributed by atoms with Crippen LogP contribution in [0.25, 0.3) is 0 Å². The highest BCUT2D eigenvalue weighted by atomic mass is 16.5. The molecule has 1 atom stereocenters. The lowest BCUT2D eigenvalue weighted by atomic mass is 9.86. The Bertz CT molecular complexity index is 382. The fraction of sp³-hybridized carbons (Fsp3) is 0.625. The van der Waals surface area contributed by atoms with Crippen LogP contribution in [0.1, 0.15) is 56.7 Å². The topological polar surface area (TPSA) is 47.3 Å². The van der Waals surface area contributed by atoms with Crippen LogP contribution in [0.3, 0.4) is 0 Å². The van der Waals surface area contributed by atoms with Crippen molar-refractivity contribution >= 4 is 0 Å². The Balaban J connectivity index is 2.25. The minimum absolute atomic E-state index is 0.0841. The Morgan fingerprint density at radius 3 is 2.32 bits per heavy atom. The van der Waals surface area contributed by atoms with Gasteiger partial charge in [-0.1, -0.05) is 44.0 Å². The van der Waals surface area contributed by atoms with Crippen molar-refractivity contribution in [2.45, 2.75) is 57.6 Å². The van der Waals surface area contributed by atoms with Gasteiger partial charge >= 0.3 is 0 Å². The van der Waals surface area contributed by atoms with Crippen molar-refractivity contribution in [2.24, 2.45) is 5.84 Å². The van der Waals surface area contributed by atoms with E-state index in [1.807, 2.05) is 0 Å². The molecule has 2 rings (SSSR count). The molecular weight excluding hydrogens is 236 g/mol. The highest BCUT2D eigenvalue weighted by Gasteiger charge is 2.42. The van der Waals surface area contributed by atoms with Gasteiger partial charge in [-0.05, 0) is 37.3 Å². The fourth-order valence-electron chi connectivity index (χ4n) is 3.27.